The van der Waals surface area contributed by atoms with Crippen LogP contribution in [0.3, 0.4) is 0 Å². The highest BCUT2D eigenvalue weighted by Gasteiger charge is 2.50. The number of hydrogen-bond acceptors (Lipinski definition) is 9. The molecule has 32 heavy (non-hydrogen) atoms. The van der Waals surface area contributed by atoms with Gasteiger partial charge in [-0.05, 0) is 19.4 Å². The van der Waals surface area contributed by atoms with Crippen molar-refractivity contribution in [3.63, 3.8) is 0 Å². The number of aliphatic hydroxyl groups excluding tert-OH is 2. The first kappa shape index (κ1) is 20.3. The van der Waals surface area contributed by atoms with E-state index in [9.17, 15) is 24.4 Å². The Balaban J connectivity index is 1.60. The van der Waals surface area contributed by atoms with Gasteiger partial charge in [-0.15, -0.1) is 0 Å². The summed E-state index contributed by atoms with van der Waals surface area (Å²) in [4.78, 5) is 25.7. The number of nitrogens with zero attached hydrogens (tertiary/aromatic N) is 1. The number of halogens is 1. The number of ether oxygens (including phenoxy) is 1. The van der Waals surface area contributed by atoms with Crippen molar-refractivity contribution < 1.29 is 40.2 Å². The summed E-state index contributed by atoms with van der Waals surface area (Å²) >= 11 is 0. The molecule has 0 spiro atoms. The van der Waals surface area contributed by atoms with E-state index < -0.39 is 56.8 Å². The van der Waals surface area contributed by atoms with Crippen molar-refractivity contribution in [2.24, 2.45) is 0 Å². The Hall–Kier alpha value is -2.34. The number of benzene rings is 1. The monoisotopic (exact) mass is 474 g/mol. The van der Waals surface area contributed by atoms with Crippen LogP contribution in [-0.2, 0) is 31.6 Å². The fraction of sp³-hybridized carbons (Fsp3) is 0.474. The molecule has 4 atom stereocenters. The maximum Gasteiger partial charge on any atom is 0.530 e. The van der Waals surface area contributed by atoms with Crippen molar-refractivity contribution in [3.05, 3.63) is 61.4 Å². The van der Waals surface area contributed by atoms with Crippen LogP contribution in [0.4, 0.5) is 4.39 Å². The maximum absolute atomic E-state index is 15.7. The van der Waals surface area contributed by atoms with E-state index in [0.29, 0.717) is 15.7 Å². The zero-order chi connectivity index (χ0) is 25.1. The van der Waals surface area contributed by atoms with Gasteiger partial charge < -0.3 is 19.5 Å². The number of hydrogen-bond donors (Lipinski definition) is 3. The van der Waals surface area contributed by atoms with E-state index in [1.54, 1.807) is 19.1 Å². The van der Waals surface area contributed by atoms with E-state index in [0.717, 1.165) is 11.8 Å². The minimum atomic E-state index is -4.67. The summed E-state index contributed by atoms with van der Waals surface area (Å²) in [6.07, 6.45) is -3.74. The molecule has 1 unspecified atom stereocenters. The highest BCUT2D eigenvalue weighted by atomic mass is 31.2. The smallest absolute Gasteiger partial charge is 0.403 e. The van der Waals surface area contributed by atoms with Crippen LogP contribution in [0.5, 0.6) is 5.75 Å². The molecule has 0 saturated carbocycles. The number of fused-ring (bicyclic) bond motifs is 1. The lowest BCUT2D eigenvalue weighted by atomic mass is 10.1. The van der Waals surface area contributed by atoms with E-state index in [1.807, 2.05) is 11.9 Å². The number of rotatable bonds is 5. The molecule has 13 heteroatoms. The molecule has 1 aromatic carbocycles. The van der Waals surface area contributed by atoms with Crippen molar-refractivity contribution in [1.82, 2.24) is 9.55 Å². The van der Waals surface area contributed by atoms with Gasteiger partial charge in [0, 0.05) is 18.2 Å². The van der Waals surface area contributed by atoms with Crippen LogP contribution in [0.25, 0.3) is 0 Å². The van der Waals surface area contributed by atoms with Crippen LogP contribution in [-0.4, -0.2) is 38.3 Å². The summed E-state index contributed by atoms with van der Waals surface area (Å²) in [7, 11) is -4.67. The standard InChI is InChI=1S/C19H22FN2O9P/c1-10-3-11(2)15-12(4-10)8-28-32(27,31-15)29-9-19(20)5-14(24)17(30-19)22-6-13(7-23)16(25)21-18(22)26/h3-4,6,14,17,23-24H,5,7-9H2,1-2H3,(H,21,25,26)/t14-,17-,19+,32?/m1/s1/i9D2. The third kappa shape index (κ3) is 4.29. The molecular weight excluding hydrogens is 450 g/mol. The first-order valence-corrected chi connectivity index (χ1v) is 11.0. The number of aromatic amines is 1. The molecule has 11 nitrogen and oxygen atoms in total. The van der Waals surface area contributed by atoms with Crippen LogP contribution in [0.15, 0.2) is 27.9 Å². The number of nitrogens with one attached hydrogen (secondary N) is 1. The number of aryl methyl sites for hydroxylation is 2. The van der Waals surface area contributed by atoms with Gasteiger partial charge in [0.1, 0.15) is 18.4 Å². The van der Waals surface area contributed by atoms with Crippen LogP contribution < -0.4 is 15.8 Å². The summed E-state index contributed by atoms with van der Waals surface area (Å²) in [5.41, 5.74) is -0.234. The van der Waals surface area contributed by atoms with E-state index >= 15 is 4.39 Å². The second-order valence-electron chi connectivity index (χ2n) is 7.56. The number of phosphoric ester groups is 1. The average molecular weight is 474 g/mol. The molecule has 174 valence electrons. The number of phosphoric acid groups is 1. The van der Waals surface area contributed by atoms with Crippen molar-refractivity contribution in [2.75, 3.05) is 6.56 Å². The third-order valence-corrected chi connectivity index (χ3v) is 6.15. The lowest BCUT2D eigenvalue weighted by Crippen LogP contribution is -2.37. The molecule has 3 heterocycles. The maximum atomic E-state index is 15.7. The van der Waals surface area contributed by atoms with Gasteiger partial charge >= 0.3 is 13.5 Å². The number of aromatic nitrogens is 2. The second-order valence-corrected chi connectivity index (χ2v) is 9.08. The molecule has 3 N–H and O–H groups in total. The predicted octanol–water partition coefficient (Wildman–Crippen LogP) is 1.33. The summed E-state index contributed by atoms with van der Waals surface area (Å²) in [6.45, 7) is -0.967. The fourth-order valence-electron chi connectivity index (χ4n) is 3.56. The van der Waals surface area contributed by atoms with Crippen molar-refractivity contribution in [3.8, 4) is 5.75 Å². The molecular formula is C19H22FN2O9P. The molecule has 1 fully saturated rings. The number of alkyl halides is 1. The summed E-state index contributed by atoms with van der Waals surface area (Å²) in [6, 6.07) is 3.46. The minimum Gasteiger partial charge on any atom is -0.403 e. The van der Waals surface area contributed by atoms with Gasteiger partial charge in [0.2, 0.25) is 5.85 Å². The first-order chi connectivity index (χ1) is 15.8. The Morgan fingerprint density at radius 3 is 2.91 bits per heavy atom. The molecule has 2 aromatic rings. The summed E-state index contributed by atoms with van der Waals surface area (Å²) in [5, 5.41) is 19.6. The van der Waals surface area contributed by atoms with Gasteiger partial charge in [-0.3, -0.25) is 23.4 Å². The molecule has 0 radical (unpaired) electrons. The summed E-state index contributed by atoms with van der Waals surface area (Å²) < 4.78 is 65.8. The molecule has 1 saturated heterocycles. The van der Waals surface area contributed by atoms with Gasteiger partial charge in [0.25, 0.3) is 5.56 Å². The van der Waals surface area contributed by atoms with Crippen molar-refractivity contribution in [1.29, 1.82) is 0 Å². The van der Waals surface area contributed by atoms with Gasteiger partial charge in [-0.25, -0.2) is 13.8 Å². The Bertz CT molecular complexity index is 1300. The SMILES string of the molecule is [2H]C([2H])(OP1(=O)OCc2cc(C)cc(C)c2O1)[C@]1(F)C[C@@H](O)[C@H](n2cc(CO)c(=O)[nH]c2=O)O1. The fourth-order valence-corrected chi connectivity index (χ4v) is 4.73. The Morgan fingerprint density at radius 1 is 1.44 bits per heavy atom. The number of H-pyrrole nitrogens is 1. The van der Waals surface area contributed by atoms with Gasteiger partial charge in [-0.2, -0.15) is 0 Å². The molecule has 0 bridgehead atoms. The largest absolute Gasteiger partial charge is 0.530 e. The quantitative estimate of drug-likeness (QED) is 0.546. The normalized spacial score (nSPS) is 30.9. The van der Waals surface area contributed by atoms with E-state index in [4.69, 9.17) is 21.0 Å². The van der Waals surface area contributed by atoms with Crippen LogP contribution in [0.1, 0.15) is 37.6 Å². The molecule has 4 rings (SSSR count). The molecule has 0 aliphatic carbocycles. The van der Waals surface area contributed by atoms with Crippen LogP contribution in [0, 0.1) is 13.8 Å². The van der Waals surface area contributed by atoms with Crippen LogP contribution >= 0.6 is 7.82 Å². The van der Waals surface area contributed by atoms with Crippen molar-refractivity contribution in [2.45, 2.75) is 51.7 Å². The lowest BCUT2D eigenvalue weighted by Gasteiger charge is -2.28. The lowest BCUT2D eigenvalue weighted by molar-refractivity contribution is -0.179. The first-order valence-electron chi connectivity index (χ1n) is 10.5. The predicted molar refractivity (Wildman–Crippen MR) is 107 cm³/mol. The van der Waals surface area contributed by atoms with Crippen molar-refractivity contribution >= 4 is 7.82 Å². The third-order valence-electron chi connectivity index (χ3n) is 4.98. The molecule has 0 amide bonds. The van der Waals surface area contributed by atoms with E-state index in [-0.39, 0.29) is 17.9 Å². The average Bonchev–Trinajstić information content (AvgIpc) is 3.04. The minimum absolute atomic E-state index is 0.158. The Labute approximate surface area is 183 Å². The molecule has 2 aliphatic rings. The Morgan fingerprint density at radius 2 is 2.19 bits per heavy atom. The highest BCUT2D eigenvalue weighted by Crippen LogP contribution is 2.56. The second kappa shape index (κ2) is 8.22. The van der Waals surface area contributed by atoms with Gasteiger partial charge in [-0.1, -0.05) is 17.7 Å². The summed E-state index contributed by atoms with van der Waals surface area (Å²) in [5.74, 6) is -3.25. The van der Waals surface area contributed by atoms with Crippen LogP contribution in [0.2, 0.25) is 0 Å². The Kier molecular flexibility index (Phi) is 5.21. The van der Waals surface area contributed by atoms with Gasteiger partial charge in [0.05, 0.1) is 21.5 Å². The zero-order valence-corrected chi connectivity index (χ0v) is 17.9. The zero-order valence-electron chi connectivity index (χ0n) is 19.0. The van der Waals surface area contributed by atoms with E-state index in [2.05, 4.69) is 0 Å². The molecule has 2 aliphatic heterocycles. The van der Waals surface area contributed by atoms with Gasteiger partial charge in [0.15, 0.2) is 6.23 Å². The topological polar surface area (TPSA) is 149 Å². The highest BCUT2D eigenvalue weighted by molar-refractivity contribution is 7.49. The van der Waals surface area contributed by atoms with E-state index in [1.165, 1.54) is 0 Å². The molecule has 1 aromatic heterocycles. The number of aliphatic hydroxyl groups is 2.